The molecule has 0 fully saturated rings. The predicted molar refractivity (Wildman–Crippen MR) is 81.1 cm³/mol. The molecule has 3 heteroatoms. The molecular formula is C17H21NO2. The topological polar surface area (TPSA) is 44.5 Å². The average Bonchev–Trinajstić information content (AvgIpc) is 2.52. The van der Waals surface area contributed by atoms with Crippen molar-refractivity contribution in [3.05, 3.63) is 60.2 Å². The normalized spacial score (nSPS) is 11.9. The summed E-state index contributed by atoms with van der Waals surface area (Å²) >= 11 is 0. The predicted octanol–water partition coefficient (Wildman–Crippen LogP) is 3.55. The van der Waals surface area contributed by atoms with Crippen molar-refractivity contribution in [1.29, 1.82) is 0 Å². The molecule has 106 valence electrons. The third-order valence-electron chi connectivity index (χ3n) is 2.96. The number of nitrogens with two attached hydrogens (primary N) is 1. The van der Waals surface area contributed by atoms with Crippen LogP contribution < -0.4 is 15.2 Å². The number of para-hydroxylation sites is 2. The van der Waals surface area contributed by atoms with Gasteiger partial charge in [0.1, 0.15) is 6.61 Å². The second-order valence-electron chi connectivity index (χ2n) is 4.62. The highest BCUT2D eigenvalue weighted by molar-refractivity contribution is 5.39. The molecule has 2 rings (SSSR count). The molecule has 0 spiro atoms. The van der Waals surface area contributed by atoms with Gasteiger partial charge in [0.15, 0.2) is 11.5 Å². The molecule has 0 heterocycles. The maximum absolute atomic E-state index is 6.13. The van der Waals surface area contributed by atoms with Gasteiger partial charge in [-0.3, -0.25) is 0 Å². The number of benzene rings is 2. The third-order valence-corrected chi connectivity index (χ3v) is 2.96. The Kier molecular flexibility index (Phi) is 5.44. The van der Waals surface area contributed by atoms with Crippen molar-refractivity contribution in [2.45, 2.75) is 19.4 Å². The highest BCUT2D eigenvalue weighted by atomic mass is 16.5. The quantitative estimate of drug-likeness (QED) is 0.837. The van der Waals surface area contributed by atoms with Crippen LogP contribution in [0.1, 0.15) is 24.9 Å². The van der Waals surface area contributed by atoms with Gasteiger partial charge >= 0.3 is 0 Å². The molecule has 0 bridgehead atoms. The number of rotatable bonds is 7. The fourth-order valence-electron chi connectivity index (χ4n) is 1.88. The number of hydrogen-bond donors (Lipinski definition) is 1. The second-order valence-corrected chi connectivity index (χ2v) is 4.62. The van der Waals surface area contributed by atoms with E-state index in [1.54, 1.807) is 0 Å². The van der Waals surface area contributed by atoms with Crippen molar-refractivity contribution in [2.24, 2.45) is 5.73 Å². The van der Waals surface area contributed by atoms with Crippen LogP contribution in [-0.2, 0) is 0 Å². The molecule has 1 unspecified atom stereocenters. The van der Waals surface area contributed by atoms with Gasteiger partial charge in [0.05, 0.1) is 12.6 Å². The first-order valence-electron chi connectivity index (χ1n) is 6.96. The van der Waals surface area contributed by atoms with E-state index in [0.29, 0.717) is 13.2 Å². The fraction of sp³-hybridized carbons (Fsp3) is 0.294. The Morgan fingerprint density at radius 3 is 2.15 bits per heavy atom. The smallest absolute Gasteiger partial charge is 0.161 e. The first kappa shape index (κ1) is 14.4. The zero-order chi connectivity index (χ0) is 14.2. The SMILES string of the molecule is CCCOc1ccccc1OCC(N)c1ccccc1. The molecule has 0 aliphatic carbocycles. The fourth-order valence-corrected chi connectivity index (χ4v) is 1.88. The van der Waals surface area contributed by atoms with Crippen LogP contribution in [0, 0.1) is 0 Å². The van der Waals surface area contributed by atoms with Crippen LogP contribution in [0.25, 0.3) is 0 Å². The van der Waals surface area contributed by atoms with Crippen molar-refractivity contribution in [2.75, 3.05) is 13.2 Å². The molecule has 0 aromatic heterocycles. The van der Waals surface area contributed by atoms with Crippen LogP contribution in [0.4, 0.5) is 0 Å². The van der Waals surface area contributed by atoms with Crippen molar-refractivity contribution in [1.82, 2.24) is 0 Å². The lowest BCUT2D eigenvalue weighted by molar-refractivity contribution is 0.255. The van der Waals surface area contributed by atoms with Gasteiger partial charge in [0.25, 0.3) is 0 Å². The van der Waals surface area contributed by atoms with E-state index in [-0.39, 0.29) is 6.04 Å². The average molecular weight is 271 g/mol. The molecule has 0 aliphatic rings. The Labute approximate surface area is 120 Å². The van der Waals surface area contributed by atoms with E-state index < -0.39 is 0 Å². The van der Waals surface area contributed by atoms with E-state index in [2.05, 4.69) is 6.92 Å². The van der Waals surface area contributed by atoms with Crippen molar-refractivity contribution >= 4 is 0 Å². The van der Waals surface area contributed by atoms with Crippen molar-refractivity contribution in [3.63, 3.8) is 0 Å². The largest absolute Gasteiger partial charge is 0.490 e. The van der Waals surface area contributed by atoms with Gasteiger partial charge in [-0.15, -0.1) is 0 Å². The summed E-state index contributed by atoms with van der Waals surface area (Å²) in [6.07, 6.45) is 0.970. The Morgan fingerprint density at radius 2 is 1.50 bits per heavy atom. The van der Waals surface area contributed by atoms with Gasteiger partial charge < -0.3 is 15.2 Å². The van der Waals surface area contributed by atoms with Gasteiger partial charge in [-0.1, -0.05) is 49.4 Å². The van der Waals surface area contributed by atoms with E-state index in [0.717, 1.165) is 23.5 Å². The molecule has 0 radical (unpaired) electrons. The first-order chi connectivity index (χ1) is 9.81. The standard InChI is InChI=1S/C17H21NO2/c1-2-12-19-16-10-6-7-11-17(16)20-13-15(18)14-8-4-3-5-9-14/h3-11,15H,2,12-13,18H2,1H3. The molecular weight excluding hydrogens is 250 g/mol. The van der Waals surface area contributed by atoms with E-state index in [1.165, 1.54) is 0 Å². The van der Waals surface area contributed by atoms with Crippen LogP contribution in [-0.4, -0.2) is 13.2 Å². The summed E-state index contributed by atoms with van der Waals surface area (Å²) < 4.78 is 11.5. The van der Waals surface area contributed by atoms with Crippen LogP contribution in [0.5, 0.6) is 11.5 Å². The van der Waals surface area contributed by atoms with E-state index in [4.69, 9.17) is 15.2 Å². The third kappa shape index (κ3) is 4.00. The summed E-state index contributed by atoms with van der Waals surface area (Å²) in [4.78, 5) is 0. The molecule has 0 aliphatic heterocycles. The first-order valence-corrected chi connectivity index (χ1v) is 6.96. The molecule has 20 heavy (non-hydrogen) atoms. The zero-order valence-corrected chi connectivity index (χ0v) is 11.8. The minimum Gasteiger partial charge on any atom is -0.490 e. The summed E-state index contributed by atoms with van der Waals surface area (Å²) in [7, 11) is 0. The van der Waals surface area contributed by atoms with Crippen LogP contribution in [0.3, 0.4) is 0 Å². The lowest BCUT2D eigenvalue weighted by Gasteiger charge is -2.16. The molecule has 2 N–H and O–H groups in total. The zero-order valence-electron chi connectivity index (χ0n) is 11.8. The summed E-state index contributed by atoms with van der Waals surface area (Å²) in [5.41, 5.74) is 7.20. The lowest BCUT2D eigenvalue weighted by Crippen LogP contribution is -2.19. The maximum atomic E-state index is 6.13. The highest BCUT2D eigenvalue weighted by Gasteiger charge is 2.09. The Bertz CT molecular complexity index is 513. The van der Waals surface area contributed by atoms with Crippen molar-refractivity contribution in [3.8, 4) is 11.5 Å². The van der Waals surface area contributed by atoms with Gasteiger partial charge in [-0.05, 0) is 24.1 Å². The van der Waals surface area contributed by atoms with E-state index >= 15 is 0 Å². The molecule has 3 nitrogen and oxygen atoms in total. The molecule has 2 aromatic carbocycles. The highest BCUT2D eigenvalue weighted by Crippen LogP contribution is 2.27. The van der Waals surface area contributed by atoms with Crippen LogP contribution >= 0.6 is 0 Å². The summed E-state index contributed by atoms with van der Waals surface area (Å²) in [5, 5.41) is 0. The summed E-state index contributed by atoms with van der Waals surface area (Å²) in [6.45, 7) is 3.19. The number of hydrogen-bond acceptors (Lipinski definition) is 3. The second kappa shape index (κ2) is 7.56. The van der Waals surface area contributed by atoms with Crippen LogP contribution in [0.2, 0.25) is 0 Å². The van der Waals surface area contributed by atoms with Gasteiger partial charge in [-0.2, -0.15) is 0 Å². The Balaban J connectivity index is 1.96. The molecule has 0 saturated heterocycles. The maximum Gasteiger partial charge on any atom is 0.161 e. The Hall–Kier alpha value is -2.00. The lowest BCUT2D eigenvalue weighted by atomic mass is 10.1. The van der Waals surface area contributed by atoms with Gasteiger partial charge in [0, 0.05) is 0 Å². The number of ether oxygens (including phenoxy) is 2. The van der Waals surface area contributed by atoms with E-state index in [9.17, 15) is 0 Å². The molecule has 2 aromatic rings. The van der Waals surface area contributed by atoms with Crippen LogP contribution in [0.15, 0.2) is 54.6 Å². The monoisotopic (exact) mass is 271 g/mol. The molecule has 0 saturated carbocycles. The summed E-state index contributed by atoms with van der Waals surface area (Å²) in [6, 6.07) is 17.5. The molecule has 0 amide bonds. The minimum atomic E-state index is -0.143. The summed E-state index contributed by atoms with van der Waals surface area (Å²) in [5.74, 6) is 1.52. The molecule has 1 atom stereocenters. The minimum absolute atomic E-state index is 0.143. The van der Waals surface area contributed by atoms with E-state index in [1.807, 2.05) is 54.6 Å². The van der Waals surface area contributed by atoms with Gasteiger partial charge in [0.2, 0.25) is 0 Å². The Morgan fingerprint density at radius 1 is 0.900 bits per heavy atom. The van der Waals surface area contributed by atoms with Gasteiger partial charge in [-0.25, -0.2) is 0 Å². The van der Waals surface area contributed by atoms with Crippen molar-refractivity contribution < 1.29 is 9.47 Å².